The second kappa shape index (κ2) is 9.60. The third-order valence-corrected chi connectivity index (χ3v) is 3.21. The van der Waals surface area contributed by atoms with Crippen molar-refractivity contribution in [2.24, 2.45) is 0 Å². The van der Waals surface area contributed by atoms with Crippen molar-refractivity contribution < 1.29 is 19.0 Å². The minimum atomic E-state index is -0.0987. The lowest BCUT2D eigenvalue weighted by Crippen LogP contribution is -2.39. The van der Waals surface area contributed by atoms with E-state index in [1.54, 1.807) is 37.3 Å². The summed E-state index contributed by atoms with van der Waals surface area (Å²) >= 11 is 5.89. The van der Waals surface area contributed by atoms with Gasteiger partial charge in [-0.2, -0.15) is 0 Å². The van der Waals surface area contributed by atoms with Crippen LogP contribution in [0.25, 0.3) is 0 Å². The minimum absolute atomic E-state index is 0.0180. The fourth-order valence-electron chi connectivity index (χ4n) is 1.77. The summed E-state index contributed by atoms with van der Waals surface area (Å²) in [6.45, 7) is 3.86. The Hall–Kier alpha value is -1.30. The number of halogens is 1. The van der Waals surface area contributed by atoms with Crippen LogP contribution in [0.4, 0.5) is 0 Å². The largest absolute Gasteiger partial charge is 0.483 e. The van der Waals surface area contributed by atoms with Crippen molar-refractivity contribution in [3.63, 3.8) is 0 Å². The zero-order chi connectivity index (χ0) is 15.7. The summed E-state index contributed by atoms with van der Waals surface area (Å²) in [6.07, 6.45) is 0. The predicted molar refractivity (Wildman–Crippen MR) is 82.0 cm³/mol. The van der Waals surface area contributed by atoms with Crippen LogP contribution in [0.2, 0.25) is 5.02 Å². The van der Waals surface area contributed by atoms with Crippen molar-refractivity contribution in [1.82, 2.24) is 4.90 Å². The monoisotopic (exact) mass is 315 g/mol. The number of nitrogens with zero attached hydrogens (tertiary/aromatic N) is 1. The van der Waals surface area contributed by atoms with Gasteiger partial charge >= 0.3 is 0 Å². The van der Waals surface area contributed by atoms with Crippen molar-refractivity contribution in [1.29, 1.82) is 0 Å². The van der Waals surface area contributed by atoms with Gasteiger partial charge in [0.15, 0.2) is 6.61 Å². The van der Waals surface area contributed by atoms with Crippen LogP contribution < -0.4 is 4.74 Å². The normalized spacial score (nSPS) is 10.5. The molecule has 0 N–H and O–H groups in total. The van der Waals surface area contributed by atoms with Crippen molar-refractivity contribution in [2.45, 2.75) is 6.92 Å². The van der Waals surface area contributed by atoms with E-state index in [-0.39, 0.29) is 12.5 Å². The summed E-state index contributed by atoms with van der Waals surface area (Å²) in [6, 6.07) is 5.30. The molecular weight excluding hydrogens is 294 g/mol. The van der Waals surface area contributed by atoms with Gasteiger partial charge in [-0.1, -0.05) is 11.6 Å². The van der Waals surface area contributed by atoms with E-state index in [2.05, 4.69) is 0 Å². The number of benzene rings is 1. The number of hydrogen-bond acceptors (Lipinski definition) is 4. The van der Waals surface area contributed by atoms with Crippen molar-refractivity contribution >= 4 is 17.5 Å². The Labute approximate surface area is 130 Å². The zero-order valence-electron chi connectivity index (χ0n) is 12.7. The maximum Gasteiger partial charge on any atom is 0.260 e. The van der Waals surface area contributed by atoms with Crippen LogP contribution in [0.1, 0.15) is 5.56 Å². The molecule has 0 saturated heterocycles. The lowest BCUT2D eigenvalue weighted by molar-refractivity contribution is -0.134. The van der Waals surface area contributed by atoms with Gasteiger partial charge in [0.2, 0.25) is 0 Å². The molecule has 0 atom stereocenters. The topological polar surface area (TPSA) is 48.0 Å². The van der Waals surface area contributed by atoms with Gasteiger partial charge in [-0.25, -0.2) is 0 Å². The molecule has 0 aliphatic carbocycles. The minimum Gasteiger partial charge on any atom is -0.483 e. The van der Waals surface area contributed by atoms with E-state index >= 15 is 0 Å². The van der Waals surface area contributed by atoms with E-state index in [9.17, 15) is 4.79 Å². The van der Waals surface area contributed by atoms with E-state index in [4.69, 9.17) is 25.8 Å². The quantitative estimate of drug-likeness (QED) is 0.700. The summed E-state index contributed by atoms with van der Waals surface area (Å²) in [4.78, 5) is 13.8. The van der Waals surface area contributed by atoms with Gasteiger partial charge < -0.3 is 19.1 Å². The number of rotatable bonds is 9. The number of methoxy groups -OCH3 is 2. The first kappa shape index (κ1) is 17.8. The van der Waals surface area contributed by atoms with E-state index in [1.807, 2.05) is 6.92 Å². The van der Waals surface area contributed by atoms with Crippen molar-refractivity contribution in [2.75, 3.05) is 47.1 Å². The highest BCUT2D eigenvalue weighted by atomic mass is 35.5. The van der Waals surface area contributed by atoms with Crippen LogP contribution >= 0.6 is 11.6 Å². The molecular formula is C15H22ClNO4. The van der Waals surface area contributed by atoms with Crippen LogP contribution in [0.5, 0.6) is 5.75 Å². The molecule has 1 aromatic rings. The Kier molecular flexibility index (Phi) is 8.12. The Bertz CT molecular complexity index is 445. The highest BCUT2D eigenvalue weighted by molar-refractivity contribution is 6.30. The zero-order valence-corrected chi connectivity index (χ0v) is 13.5. The predicted octanol–water partition coefficient (Wildman–Crippen LogP) is 2.15. The Balaban J connectivity index is 2.55. The molecule has 0 aromatic heterocycles. The maximum atomic E-state index is 12.2. The SMILES string of the molecule is COCCN(CCOC)C(=O)COc1ccc(Cl)cc1C. The Morgan fingerprint density at radius 3 is 2.33 bits per heavy atom. The highest BCUT2D eigenvalue weighted by Gasteiger charge is 2.14. The molecule has 0 unspecified atom stereocenters. The fourth-order valence-corrected chi connectivity index (χ4v) is 2.00. The van der Waals surface area contributed by atoms with Gasteiger partial charge in [0.1, 0.15) is 5.75 Å². The Morgan fingerprint density at radius 2 is 1.81 bits per heavy atom. The number of hydrogen-bond donors (Lipinski definition) is 0. The summed E-state index contributed by atoms with van der Waals surface area (Å²) in [7, 11) is 3.21. The van der Waals surface area contributed by atoms with Gasteiger partial charge in [0, 0.05) is 32.3 Å². The van der Waals surface area contributed by atoms with Gasteiger partial charge in [-0.05, 0) is 30.7 Å². The lowest BCUT2D eigenvalue weighted by atomic mass is 10.2. The lowest BCUT2D eigenvalue weighted by Gasteiger charge is -2.22. The highest BCUT2D eigenvalue weighted by Crippen LogP contribution is 2.21. The number of aryl methyl sites for hydroxylation is 1. The smallest absolute Gasteiger partial charge is 0.260 e. The van der Waals surface area contributed by atoms with E-state index < -0.39 is 0 Å². The fraction of sp³-hybridized carbons (Fsp3) is 0.533. The molecule has 0 saturated carbocycles. The molecule has 0 spiro atoms. The van der Waals surface area contributed by atoms with E-state index in [0.29, 0.717) is 37.1 Å². The first-order valence-corrected chi connectivity index (χ1v) is 7.11. The number of carbonyl (C=O) groups excluding carboxylic acids is 1. The number of amides is 1. The molecule has 5 nitrogen and oxygen atoms in total. The molecule has 1 amide bonds. The molecule has 0 heterocycles. The summed E-state index contributed by atoms with van der Waals surface area (Å²) in [5, 5.41) is 0.646. The van der Waals surface area contributed by atoms with Gasteiger partial charge in [0.25, 0.3) is 5.91 Å². The van der Waals surface area contributed by atoms with E-state index in [1.165, 1.54) is 0 Å². The van der Waals surface area contributed by atoms with Gasteiger partial charge in [0.05, 0.1) is 13.2 Å². The molecule has 1 aromatic carbocycles. The molecule has 0 fully saturated rings. The van der Waals surface area contributed by atoms with Crippen LogP contribution in [0.15, 0.2) is 18.2 Å². The molecule has 21 heavy (non-hydrogen) atoms. The molecule has 0 aliphatic heterocycles. The standard InChI is InChI=1S/C15H22ClNO4/c1-12-10-13(16)4-5-14(12)21-11-15(18)17(6-8-19-2)7-9-20-3/h4-5,10H,6-9,11H2,1-3H3. The van der Waals surface area contributed by atoms with Crippen molar-refractivity contribution in [3.8, 4) is 5.75 Å². The third kappa shape index (κ3) is 6.33. The molecule has 0 bridgehead atoms. The molecule has 6 heteroatoms. The third-order valence-electron chi connectivity index (χ3n) is 2.97. The van der Waals surface area contributed by atoms with E-state index in [0.717, 1.165) is 5.56 Å². The number of carbonyl (C=O) groups is 1. The second-order valence-corrected chi connectivity index (χ2v) is 5.00. The second-order valence-electron chi connectivity index (χ2n) is 4.56. The van der Waals surface area contributed by atoms with Crippen LogP contribution in [-0.2, 0) is 14.3 Å². The molecule has 118 valence electrons. The molecule has 0 aliphatic rings. The maximum absolute atomic E-state index is 12.2. The van der Waals surface area contributed by atoms with Crippen LogP contribution in [-0.4, -0.2) is 57.9 Å². The molecule has 1 rings (SSSR count). The van der Waals surface area contributed by atoms with Crippen LogP contribution in [0, 0.1) is 6.92 Å². The summed E-state index contributed by atoms with van der Waals surface area (Å²) in [5.74, 6) is 0.560. The first-order chi connectivity index (χ1) is 10.1. The van der Waals surface area contributed by atoms with Gasteiger partial charge in [-0.3, -0.25) is 4.79 Å². The number of ether oxygens (including phenoxy) is 3. The summed E-state index contributed by atoms with van der Waals surface area (Å²) in [5.41, 5.74) is 0.899. The average molecular weight is 316 g/mol. The van der Waals surface area contributed by atoms with Gasteiger partial charge in [-0.15, -0.1) is 0 Å². The van der Waals surface area contributed by atoms with Crippen LogP contribution in [0.3, 0.4) is 0 Å². The molecule has 0 radical (unpaired) electrons. The first-order valence-electron chi connectivity index (χ1n) is 6.73. The van der Waals surface area contributed by atoms with Crippen molar-refractivity contribution in [3.05, 3.63) is 28.8 Å². The summed E-state index contributed by atoms with van der Waals surface area (Å²) < 4.78 is 15.6. The average Bonchev–Trinajstić information content (AvgIpc) is 2.46. The Morgan fingerprint density at radius 1 is 1.19 bits per heavy atom.